The Kier molecular flexibility index (Phi) is 11.1. The molecule has 0 aromatic rings. The molecule has 0 heterocycles. The molecular weight excluding hydrogens is 341 g/mol. The van der Waals surface area contributed by atoms with Gasteiger partial charge in [0.25, 0.3) is 0 Å². The predicted molar refractivity (Wildman–Crippen MR) is 89.9 cm³/mol. The molecule has 0 aliphatic rings. The molecule has 2 atom stereocenters. The van der Waals surface area contributed by atoms with E-state index < -0.39 is 0 Å². The van der Waals surface area contributed by atoms with Gasteiger partial charge in [0.2, 0.25) is 0 Å². The molecule has 0 aromatic carbocycles. The summed E-state index contributed by atoms with van der Waals surface area (Å²) in [6, 6.07) is 0.428. The minimum Gasteiger partial charge on any atom is -0.379 e. The standard InChI is InChI=1S/C13H29N3O.HI/c1-8-10(2)16-12(14-6)15-9-11(17-7)13(3,4)5;/h10-11H,8-9H2,1-7H3,(H2,14,15,16);1H. The SMILES string of the molecule is CCC(C)NC(=NC)NCC(OC)C(C)(C)C.I. The van der Waals surface area contributed by atoms with Crippen LogP contribution in [-0.2, 0) is 4.74 Å². The van der Waals surface area contributed by atoms with Crippen molar-refractivity contribution in [1.82, 2.24) is 10.6 Å². The molecule has 0 spiro atoms. The smallest absolute Gasteiger partial charge is 0.191 e. The van der Waals surface area contributed by atoms with Gasteiger partial charge < -0.3 is 15.4 Å². The highest BCUT2D eigenvalue weighted by Gasteiger charge is 2.24. The maximum atomic E-state index is 5.50. The minimum absolute atomic E-state index is 0. The first-order valence-corrected chi connectivity index (χ1v) is 6.35. The van der Waals surface area contributed by atoms with Gasteiger partial charge in [0, 0.05) is 26.7 Å². The number of nitrogens with zero attached hydrogens (tertiary/aromatic N) is 1. The maximum Gasteiger partial charge on any atom is 0.191 e. The Morgan fingerprint density at radius 3 is 2.22 bits per heavy atom. The monoisotopic (exact) mass is 371 g/mol. The van der Waals surface area contributed by atoms with Crippen LogP contribution in [0.2, 0.25) is 0 Å². The van der Waals surface area contributed by atoms with Gasteiger partial charge in [-0.05, 0) is 18.8 Å². The van der Waals surface area contributed by atoms with E-state index in [9.17, 15) is 0 Å². The van der Waals surface area contributed by atoms with E-state index in [0.29, 0.717) is 6.04 Å². The van der Waals surface area contributed by atoms with Crippen molar-refractivity contribution in [2.45, 2.75) is 53.2 Å². The van der Waals surface area contributed by atoms with Gasteiger partial charge >= 0.3 is 0 Å². The van der Waals surface area contributed by atoms with Crippen LogP contribution in [-0.4, -0.2) is 38.8 Å². The molecule has 0 aliphatic heterocycles. The summed E-state index contributed by atoms with van der Waals surface area (Å²) in [5.41, 5.74) is 0.122. The molecule has 0 rings (SSSR count). The summed E-state index contributed by atoms with van der Waals surface area (Å²) >= 11 is 0. The number of ether oxygens (including phenoxy) is 1. The summed E-state index contributed by atoms with van der Waals surface area (Å²) in [7, 11) is 3.54. The predicted octanol–water partition coefficient (Wildman–Crippen LogP) is 2.63. The van der Waals surface area contributed by atoms with Crippen LogP contribution in [0.1, 0.15) is 41.0 Å². The van der Waals surface area contributed by atoms with Crippen molar-refractivity contribution in [3.63, 3.8) is 0 Å². The van der Waals surface area contributed by atoms with Crippen LogP contribution in [0.4, 0.5) is 0 Å². The lowest BCUT2D eigenvalue weighted by atomic mass is 9.89. The second-order valence-corrected chi connectivity index (χ2v) is 5.50. The Labute approximate surface area is 129 Å². The summed E-state index contributed by atoms with van der Waals surface area (Å²) in [4.78, 5) is 4.20. The van der Waals surface area contributed by atoms with Crippen LogP contribution in [0.25, 0.3) is 0 Å². The Balaban J connectivity index is 0. The summed E-state index contributed by atoms with van der Waals surface area (Å²) in [6.45, 7) is 11.6. The van der Waals surface area contributed by atoms with Crippen LogP contribution in [0.3, 0.4) is 0 Å². The average Bonchev–Trinajstić information content (AvgIpc) is 2.26. The Morgan fingerprint density at radius 1 is 1.33 bits per heavy atom. The molecule has 18 heavy (non-hydrogen) atoms. The average molecular weight is 371 g/mol. The number of methoxy groups -OCH3 is 1. The highest BCUT2D eigenvalue weighted by Crippen LogP contribution is 2.20. The molecule has 0 aromatic heterocycles. The Bertz CT molecular complexity index is 239. The normalized spacial score (nSPS) is 15.6. The van der Waals surface area contributed by atoms with E-state index in [1.165, 1.54) is 0 Å². The molecule has 0 amide bonds. The third kappa shape index (κ3) is 8.13. The van der Waals surface area contributed by atoms with E-state index in [2.05, 4.69) is 50.2 Å². The minimum atomic E-state index is 0. The highest BCUT2D eigenvalue weighted by molar-refractivity contribution is 14.0. The molecule has 110 valence electrons. The van der Waals surface area contributed by atoms with Gasteiger partial charge in [-0.2, -0.15) is 0 Å². The maximum absolute atomic E-state index is 5.50. The quantitative estimate of drug-likeness (QED) is 0.444. The lowest BCUT2D eigenvalue weighted by Crippen LogP contribution is -2.47. The molecule has 0 aliphatic carbocycles. The molecule has 4 nitrogen and oxygen atoms in total. The van der Waals surface area contributed by atoms with Crippen molar-refractivity contribution < 1.29 is 4.74 Å². The summed E-state index contributed by atoms with van der Waals surface area (Å²) in [5.74, 6) is 0.839. The second-order valence-electron chi connectivity index (χ2n) is 5.50. The summed E-state index contributed by atoms with van der Waals surface area (Å²) in [5, 5.41) is 6.64. The highest BCUT2D eigenvalue weighted by atomic mass is 127. The fourth-order valence-corrected chi connectivity index (χ4v) is 1.46. The van der Waals surface area contributed by atoms with E-state index >= 15 is 0 Å². The lowest BCUT2D eigenvalue weighted by molar-refractivity contribution is 0.0205. The zero-order valence-electron chi connectivity index (χ0n) is 12.8. The molecule has 0 fully saturated rings. The van der Waals surface area contributed by atoms with E-state index in [1.807, 2.05) is 0 Å². The van der Waals surface area contributed by atoms with E-state index in [0.717, 1.165) is 18.9 Å². The molecule has 0 bridgehead atoms. The number of hydrogen-bond donors (Lipinski definition) is 2. The van der Waals surface area contributed by atoms with Gasteiger partial charge in [-0.1, -0.05) is 27.7 Å². The van der Waals surface area contributed by atoms with Gasteiger partial charge in [-0.3, -0.25) is 4.99 Å². The van der Waals surface area contributed by atoms with Crippen molar-refractivity contribution in [2.75, 3.05) is 20.7 Å². The lowest BCUT2D eigenvalue weighted by Gasteiger charge is -2.30. The summed E-state index contributed by atoms with van der Waals surface area (Å²) < 4.78 is 5.50. The topological polar surface area (TPSA) is 45.7 Å². The number of hydrogen-bond acceptors (Lipinski definition) is 2. The van der Waals surface area contributed by atoms with Crippen LogP contribution in [0, 0.1) is 5.41 Å². The number of rotatable bonds is 5. The van der Waals surface area contributed by atoms with E-state index in [4.69, 9.17) is 4.74 Å². The van der Waals surface area contributed by atoms with Gasteiger partial charge in [0.15, 0.2) is 5.96 Å². The second kappa shape index (κ2) is 9.83. The first-order chi connectivity index (χ1) is 7.85. The molecule has 0 saturated carbocycles. The molecular formula is C13H30IN3O. The van der Waals surface area contributed by atoms with Crippen LogP contribution in [0.5, 0.6) is 0 Å². The van der Waals surface area contributed by atoms with Gasteiger partial charge in [0.1, 0.15) is 0 Å². The largest absolute Gasteiger partial charge is 0.379 e. The Morgan fingerprint density at radius 2 is 1.89 bits per heavy atom. The van der Waals surface area contributed by atoms with Crippen molar-refractivity contribution in [2.24, 2.45) is 10.4 Å². The van der Waals surface area contributed by atoms with Crippen molar-refractivity contribution >= 4 is 29.9 Å². The van der Waals surface area contributed by atoms with Crippen LogP contribution in [0.15, 0.2) is 4.99 Å². The van der Waals surface area contributed by atoms with Gasteiger partial charge in [-0.15, -0.1) is 24.0 Å². The molecule has 2 unspecified atom stereocenters. The molecule has 2 N–H and O–H groups in total. The van der Waals surface area contributed by atoms with E-state index in [1.54, 1.807) is 14.2 Å². The fourth-order valence-electron chi connectivity index (χ4n) is 1.46. The fraction of sp³-hybridized carbons (Fsp3) is 0.923. The Hall–Kier alpha value is -0.0400. The van der Waals surface area contributed by atoms with Crippen molar-refractivity contribution in [1.29, 1.82) is 0 Å². The number of aliphatic imine (C=N–C) groups is 1. The molecule has 0 radical (unpaired) electrons. The number of nitrogens with one attached hydrogen (secondary N) is 2. The molecule has 0 saturated heterocycles. The first-order valence-electron chi connectivity index (χ1n) is 6.35. The van der Waals surface area contributed by atoms with Gasteiger partial charge in [0.05, 0.1) is 6.10 Å². The van der Waals surface area contributed by atoms with Crippen molar-refractivity contribution in [3.8, 4) is 0 Å². The third-order valence-corrected chi connectivity index (χ3v) is 2.92. The van der Waals surface area contributed by atoms with Gasteiger partial charge in [-0.25, -0.2) is 0 Å². The van der Waals surface area contributed by atoms with E-state index in [-0.39, 0.29) is 35.5 Å². The zero-order valence-corrected chi connectivity index (χ0v) is 15.2. The number of halogens is 1. The zero-order chi connectivity index (χ0) is 13.5. The summed E-state index contributed by atoms with van der Waals surface area (Å²) in [6.07, 6.45) is 1.24. The number of guanidine groups is 1. The van der Waals surface area contributed by atoms with Crippen molar-refractivity contribution in [3.05, 3.63) is 0 Å². The van der Waals surface area contributed by atoms with Crippen LogP contribution < -0.4 is 10.6 Å². The first kappa shape index (κ1) is 20.3. The van der Waals surface area contributed by atoms with Crippen LogP contribution >= 0.6 is 24.0 Å². The molecule has 5 heteroatoms. The third-order valence-electron chi connectivity index (χ3n) is 2.92.